The number of aryl methyl sites for hydroxylation is 1. The quantitative estimate of drug-likeness (QED) is 0.545. The van der Waals surface area contributed by atoms with Crippen LogP contribution in [0.15, 0.2) is 59.9 Å². The zero-order valence-corrected chi connectivity index (χ0v) is 15.6. The van der Waals surface area contributed by atoms with Gasteiger partial charge in [0.25, 0.3) is 5.56 Å². The third-order valence-electron chi connectivity index (χ3n) is 5.40. The minimum Gasteiger partial charge on any atom is -0.337 e. The molecule has 0 aliphatic carbocycles. The van der Waals surface area contributed by atoms with Crippen molar-refractivity contribution >= 4 is 17.0 Å². The molecular formula is C20H21N7O. The second-order valence-corrected chi connectivity index (χ2v) is 7.13. The lowest BCUT2D eigenvalue weighted by molar-refractivity contribution is 0.481. The number of para-hydroxylation sites is 2. The topological polar surface area (TPSA) is 73.8 Å². The second kappa shape index (κ2) is 6.63. The van der Waals surface area contributed by atoms with Crippen molar-refractivity contribution in [3.63, 3.8) is 0 Å². The molecule has 1 aliphatic rings. The molecule has 0 N–H and O–H groups in total. The Bertz CT molecular complexity index is 1170. The van der Waals surface area contributed by atoms with Crippen LogP contribution in [0.3, 0.4) is 0 Å². The molecular weight excluding hydrogens is 354 g/mol. The Morgan fingerprint density at radius 3 is 2.89 bits per heavy atom. The molecule has 0 spiro atoms. The van der Waals surface area contributed by atoms with Crippen molar-refractivity contribution in [2.24, 2.45) is 7.05 Å². The number of hydrogen-bond acceptors (Lipinski definition) is 5. The molecule has 1 fully saturated rings. The summed E-state index contributed by atoms with van der Waals surface area (Å²) in [6, 6.07) is 11.6. The molecule has 28 heavy (non-hydrogen) atoms. The van der Waals surface area contributed by atoms with Crippen LogP contribution in [-0.4, -0.2) is 41.5 Å². The van der Waals surface area contributed by atoms with Gasteiger partial charge in [-0.05, 0) is 31.0 Å². The van der Waals surface area contributed by atoms with E-state index in [1.807, 2.05) is 31.4 Å². The number of rotatable bonds is 4. The average molecular weight is 375 g/mol. The van der Waals surface area contributed by atoms with E-state index in [1.54, 1.807) is 33.9 Å². The third kappa shape index (κ3) is 2.77. The van der Waals surface area contributed by atoms with Crippen molar-refractivity contribution in [3.8, 4) is 5.82 Å². The normalized spacial score (nSPS) is 16.9. The molecule has 1 aromatic carbocycles. The van der Waals surface area contributed by atoms with Crippen LogP contribution in [-0.2, 0) is 13.6 Å². The fourth-order valence-corrected chi connectivity index (χ4v) is 3.98. The van der Waals surface area contributed by atoms with Crippen LogP contribution in [0.2, 0.25) is 0 Å². The summed E-state index contributed by atoms with van der Waals surface area (Å²) in [6.07, 6.45) is 7.27. The van der Waals surface area contributed by atoms with Gasteiger partial charge in [0.2, 0.25) is 5.95 Å². The molecule has 8 heteroatoms. The summed E-state index contributed by atoms with van der Waals surface area (Å²) in [5.41, 5.74) is 2.00. The summed E-state index contributed by atoms with van der Waals surface area (Å²) >= 11 is 0. The minimum atomic E-state index is -0.0966. The molecule has 4 aromatic rings. The molecule has 142 valence electrons. The van der Waals surface area contributed by atoms with Crippen LogP contribution < -0.4 is 10.5 Å². The Balaban J connectivity index is 1.47. The molecule has 1 unspecified atom stereocenters. The van der Waals surface area contributed by atoms with E-state index in [1.165, 1.54) is 0 Å². The van der Waals surface area contributed by atoms with Gasteiger partial charge in [-0.3, -0.25) is 9.36 Å². The molecule has 1 saturated heterocycles. The molecule has 0 amide bonds. The molecule has 1 atom stereocenters. The van der Waals surface area contributed by atoms with Crippen molar-refractivity contribution in [2.75, 3.05) is 11.4 Å². The average Bonchev–Trinajstić information content (AvgIpc) is 3.45. The zero-order chi connectivity index (χ0) is 19.1. The standard InChI is InChI=1S/C20H21N7O/c1-24-17-7-3-2-6-16(17)22-20(24)26-11-4-5-15(26)13-27-19(28)9-8-18(23-27)25-12-10-21-14-25/h2-3,6-10,12,14-15H,4-5,11,13H2,1H3. The molecule has 1 aliphatic heterocycles. The highest BCUT2D eigenvalue weighted by Gasteiger charge is 2.29. The Labute approximate surface area is 161 Å². The van der Waals surface area contributed by atoms with Gasteiger partial charge in [0.1, 0.15) is 6.33 Å². The van der Waals surface area contributed by atoms with E-state index in [-0.39, 0.29) is 11.6 Å². The largest absolute Gasteiger partial charge is 0.337 e. The van der Waals surface area contributed by atoms with Crippen LogP contribution >= 0.6 is 0 Å². The van der Waals surface area contributed by atoms with Crippen molar-refractivity contribution in [3.05, 3.63) is 65.5 Å². The highest BCUT2D eigenvalue weighted by molar-refractivity contribution is 5.78. The van der Waals surface area contributed by atoms with Crippen LogP contribution in [0.1, 0.15) is 12.8 Å². The van der Waals surface area contributed by atoms with E-state index in [4.69, 9.17) is 4.98 Å². The van der Waals surface area contributed by atoms with E-state index in [2.05, 4.69) is 25.6 Å². The van der Waals surface area contributed by atoms with Crippen molar-refractivity contribution < 1.29 is 0 Å². The molecule has 0 saturated carbocycles. The van der Waals surface area contributed by atoms with Gasteiger partial charge in [0, 0.05) is 32.1 Å². The first-order valence-corrected chi connectivity index (χ1v) is 9.45. The number of anilines is 1. The van der Waals surface area contributed by atoms with Crippen LogP contribution in [0.4, 0.5) is 5.95 Å². The van der Waals surface area contributed by atoms with Gasteiger partial charge in [-0.1, -0.05) is 12.1 Å². The van der Waals surface area contributed by atoms with Crippen molar-refractivity contribution in [1.82, 2.24) is 28.9 Å². The molecule has 0 radical (unpaired) electrons. The molecule has 8 nitrogen and oxygen atoms in total. The first-order chi connectivity index (χ1) is 13.7. The first kappa shape index (κ1) is 16.7. The van der Waals surface area contributed by atoms with E-state index in [0.29, 0.717) is 12.4 Å². The van der Waals surface area contributed by atoms with Gasteiger partial charge in [-0.15, -0.1) is 0 Å². The van der Waals surface area contributed by atoms with Gasteiger partial charge in [-0.2, -0.15) is 5.10 Å². The Kier molecular flexibility index (Phi) is 3.96. The van der Waals surface area contributed by atoms with Gasteiger partial charge in [-0.25, -0.2) is 14.6 Å². The molecule has 0 bridgehead atoms. The summed E-state index contributed by atoms with van der Waals surface area (Å²) in [4.78, 5) is 23.6. The number of hydrogen-bond donors (Lipinski definition) is 0. The summed E-state index contributed by atoms with van der Waals surface area (Å²) in [5, 5.41) is 4.54. The Morgan fingerprint density at radius 1 is 1.18 bits per heavy atom. The maximum Gasteiger partial charge on any atom is 0.266 e. The minimum absolute atomic E-state index is 0.0966. The SMILES string of the molecule is Cn1c(N2CCCC2Cn2nc(-n3ccnc3)ccc2=O)nc2ccccc21. The van der Waals surface area contributed by atoms with Crippen LogP contribution in [0.5, 0.6) is 0 Å². The smallest absolute Gasteiger partial charge is 0.266 e. The number of aromatic nitrogens is 6. The predicted octanol–water partition coefficient (Wildman–Crippen LogP) is 1.98. The lowest BCUT2D eigenvalue weighted by Gasteiger charge is -2.26. The highest BCUT2D eigenvalue weighted by atomic mass is 16.1. The first-order valence-electron chi connectivity index (χ1n) is 9.45. The van der Waals surface area contributed by atoms with Crippen molar-refractivity contribution in [2.45, 2.75) is 25.4 Å². The summed E-state index contributed by atoms with van der Waals surface area (Å²) in [6.45, 7) is 1.46. The van der Waals surface area contributed by atoms with Gasteiger partial charge in [0.15, 0.2) is 5.82 Å². The maximum atomic E-state index is 12.4. The van der Waals surface area contributed by atoms with Gasteiger partial charge >= 0.3 is 0 Å². The zero-order valence-electron chi connectivity index (χ0n) is 15.6. The lowest BCUT2D eigenvalue weighted by Crippen LogP contribution is -2.38. The van der Waals surface area contributed by atoms with E-state index in [0.717, 1.165) is 36.4 Å². The molecule has 4 heterocycles. The molecule has 5 rings (SSSR count). The number of imidazole rings is 2. The summed E-state index contributed by atoms with van der Waals surface area (Å²) in [5.74, 6) is 1.63. The van der Waals surface area contributed by atoms with Crippen LogP contribution in [0.25, 0.3) is 16.9 Å². The second-order valence-electron chi connectivity index (χ2n) is 7.13. The van der Waals surface area contributed by atoms with Gasteiger partial charge < -0.3 is 9.47 Å². The fraction of sp³-hybridized carbons (Fsp3) is 0.300. The number of nitrogens with zero attached hydrogens (tertiary/aromatic N) is 7. The summed E-state index contributed by atoms with van der Waals surface area (Å²) in [7, 11) is 2.05. The van der Waals surface area contributed by atoms with Crippen molar-refractivity contribution in [1.29, 1.82) is 0 Å². The predicted molar refractivity (Wildman–Crippen MR) is 107 cm³/mol. The number of benzene rings is 1. The lowest BCUT2D eigenvalue weighted by atomic mass is 10.2. The Morgan fingerprint density at radius 2 is 2.07 bits per heavy atom. The third-order valence-corrected chi connectivity index (χ3v) is 5.40. The van der Waals surface area contributed by atoms with E-state index >= 15 is 0 Å². The van der Waals surface area contributed by atoms with E-state index < -0.39 is 0 Å². The molecule has 3 aromatic heterocycles. The van der Waals surface area contributed by atoms with Gasteiger partial charge in [0.05, 0.1) is 23.6 Å². The fourth-order valence-electron chi connectivity index (χ4n) is 3.98. The number of fused-ring (bicyclic) bond motifs is 1. The summed E-state index contributed by atoms with van der Waals surface area (Å²) < 4.78 is 5.49. The monoisotopic (exact) mass is 375 g/mol. The van der Waals surface area contributed by atoms with E-state index in [9.17, 15) is 4.79 Å². The highest BCUT2D eigenvalue weighted by Crippen LogP contribution is 2.28. The maximum absolute atomic E-state index is 12.4. The van der Waals surface area contributed by atoms with Crippen LogP contribution in [0, 0.1) is 0 Å². The Hall–Kier alpha value is -3.42.